The molecule has 35 heavy (non-hydrogen) atoms. The fourth-order valence-electron chi connectivity index (χ4n) is 7.95. The first kappa shape index (κ1) is 23.0. The largest absolute Gasteiger partial charge is 0.381 e. The highest BCUT2D eigenvalue weighted by atomic mass is 32.2. The highest BCUT2D eigenvalue weighted by molar-refractivity contribution is 8.00. The Morgan fingerprint density at radius 1 is 1.17 bits per heavy atom. The molecule has 0 aromatic carbocycles. The van der Waals surface area contributed by atoms with E-state index in [2.05, 4.69) is 26.9 Å². The van der Waals surface area contributed by atoms with Crippen LogP contribution in [0.4, 0.5) is 0 Å². The number of carbonyl (C=O) groups excluding carboxylic acids is 3. The molecule has 3 fully saturated rings. The summed E-state index contributed by atoms with van der Waals surface area (Å²) >= 11 is 1.27. The fourth-order valence-corrected chi connectivity index (χ4v) is 8.87. The molecule has 2 aromatic heterocycles. The van der Waals surface area contributed by atoms with Crippen LogP contribution in [-0.4, -0.2) is 53.7 Å². The van der Waals surface area contributed by atoms with Gasteiger partial charge < -0.3 is 10.1 Å². The number of aliphatic hydroxyl groups is 1. The van der Waals surface area contributed by atoms with Crippen LogP contribution in [0.25, 0.3) is 11.2 Å². The molecule has 0 aliphatic heterocycles. The van der Waals surface area contributed by atoms with E-state index < -0.39 is 11.0 Å². The Morgan fingerprint density at radius 2 is 2.00 bits per heavy atom. The van der Waals surface area contributed by atoms with Crippen LogP contribution in [-0.2, 0) is 14.4 Å². The van der Waals surface area contributed by atoms with Gasteiger partial charge in [-0.3, -0.25) is 14.4 Å². The Morgan fingerprint density at radius 3 is 2.83 bits per heavy atom. The molecule has 0 radical (unpaired) electrons. The lowest BCUT2D eigenvalue weighted by Crippen LogP contribution is -2.60. The SMILES string of the molecule is C[C@]12CCC(=O)C=C1CC[C@@H]1[C@@H]2C(=O)C[C@@]2(C)[C@H]1CC[C@@]2(O)C(=O)CSc1ncnc2nc[nH]c12. The van der Waals surface area contributed by atoms with Crippen LogP contribution in [0.3, 0.4) is 0 Å². The van der Waals surface area contributed by atoms with Gasteiger partial charge in [0.15, 0.2) is 17.2 Å². The summed E-state index contributed by atoms with van der Waals surface area (Å²) in [7, 11) is 0. The first-order valence-corrected chi connectivity index (χ1v) is 13.4. The zero-order valence-electron chi connectivity index (χ0n) is 20.0. The monoisotopic (exact) mass is 494 g/mol. The van der Waals surface area contributed by atoms with Crippen molar-refractivity contribution in [1.29, 1.82) is 0 Å². The number of hydrogen-bond acceptors (Lipinski definition) is 8. The van der Waals surface area contributed by atoms with Gasteiger partial charge in [-0.15, -0.1) is 0 Å². The van der Waals surface area contributed by atoms with Gasteiger partial charge in [0.05, 0.1) is 12.1 Å². The smallest absolute Gasteiger partial charge is 0.181 e. The Balaban J connectivity index is 1.26. The van der Waals surface area contributed by atoms with Crippen molar-refractivity contribution in [3.05, 3.63) is 24.3 Å². The van der Waals surface area contributed by atoms with Crippen molar-refractivity contribution in [1.82, 2.24) is 19.9 Å². The molecule has 2 aromatic rings. The van der Waals surface area contributed by atoms with Crippen molar-refractivity contribution in [2.45, 2.75) is 69.4 Å². The van der Waals surface area contributed by atoms with Gasteiger partial charge in [0, 0.05) is 24.2 Å². The van der Waals surface area contributed by atoms with Crippen molar-refractivity contribution >= 4 is 40.3 Å². The lowest BCUT2D eigenvalue weighted by atomic mass is 9.46. The molecular formula is C26H30N4O4S. The maximum Gasteiger partial charge on any atom is 0.181 e. The molecule has 2 N–H and O–H groups in total. The molecule has 2 heterocycles. The maximum absolute atomic E-state index is 13.8. The number of nitrogens with zero attached hydrogens (tertiary/aromatic N) is 3. The van der Waals surface area contributed by atoms with E-state index in [0.717, 1.165) is 31.3 Å². The van der Waals surface area contributed by atoms with Gasteiger partial charge in [0.25, 0.3) is 0 Å². The van der Waals surface area contributed by atoms with E-state index >= 15 is 0 Å². The number of carbonyl (C=O) groups is 3. The summed E-state index contributed by atoms with van der Waals surface area (Å²) in [6.07, 6.45) is 8.94. The number of imidazole rings is 1. The maximum atomic E-state index is 13.8. The van der Waals surface area contributed by atoms with Crippen LogP contribution in [0, 0.1) is 28.6 Å². The summed E-state index contributed by atoms with van der Waals surface area (Å²) in [5.74, 6) is 0.256. The number of hydrogen-bond donors (Lipinski definition) is 2. The zero-order chi connectivity index (χ0) is 24.6. The third-order valence-electron chi connectivity index (χ3n) is 9.80. The van der Waals surface area contributed by atoms with Crippen LogP contribution in [0.2, 0.25) is 0 Å². The topological polar surface area (TPSA) is 126 Å². The first-order chi connectivity index (χ1) is 16.7. The number of rotatable bonds is 4. The number of ketones is 3. The van der Waals surface area contributed by atoms with Gasteiger partial charge in [-0.1, -0.05) is 31.2 Å². The van der Waals surface area contributed by atoms with Gasteiger partial charge in [0.1, 0.15) is 28.3 Å². The zero-order valence-corrected chi connectivity index (χ0v) is 20.9. The van der Waals surface area contributed by atoms with Crippen molar-refractivity contribution in [3.63, 3.8) is 0 Å². The quantitative estimate of drug-likeness (QED) is 0.489. The second-order valence-corrected chi connectivity index (χ2v) is 12.3. The van der Waals surface area contributed by atoms with Crippen molar-refractivity contribution in [2.24, 2.45) is 28.6 Å². The molecule has 4 aliphatic carbocycles. The van der Waals surface area contributed by atoms with Crippen molar-refractivity contribution in [2.75, 3.05) is 5.75 Å². The second kappa shape index (κ2) is 7.80. The van der Waals surface area contributed by atoms with Gasteiger partial charge in [-0.05, 0) is 55.4 Å². The lowest BCUT2D eigenvalue weighted by molar-refractivity contribution is -0.167. The Kier molecular flexibility index (Phi) is 5.14. The number of allylic oxidation sites excluding steroid dienone is 1. The van der Waals surface area contributed by atoms with Crippen molar-refractivity contribution < 1.29 is 19.5 Å². The molecule has 0 spiro atoms. The van der Waals surface area contributed by atoms with Crippen LogP contribution in [0.15, 0.2) is 29.3 Å². The average Bonchev–Trinajstić information content (AvgIpc) is 3.41. The molecular weight excluding hydrogens is 464 g/mol. The molecule has 4 aliphatic rings. The van der Waals surface area contributed by atoms with Crippen LogP contribution in [0.5, 0.6) is 0 Å². The highest BCUT2D eigenvalue weighted by Crippen LogP contribution is 2.66. The van der Waals surface area contributed by atoms with Crippen LogP contribution in [0.1, 0.15) is 58.8 Å². The number of aromatic amines is 1. The van der Waals surface area contributed by atoms with E-state index in [1.54, 1.807) is 12.4 Å². The summed E-state index contributed by atoms with van der Waals surface area (Å²) in [6, 6.07) is 0. The number of thioether (sulfide) groups is 1. The van der Waals surface area contributed by atoms with Gasteiger partial charge in [-0.2, -0.15) is 0 Å². The number of fused-ring (bicyclic) bond motifs is 6. The third kappa shape index (κ3) is 3.16. The predicted molar refractivity (Wildman–Crippen MR) is 129 cm³/mol. The number of nitrogens with one attached hydrogen (secondary N) is 1. The van der Waals surface area contributed by atoms with E-state index in [1.165, 1.54) is 18.1 Å². The minimum atomic E-state index is -1.54. The molecule has 6 rings (SSSR count). The molecule has 0 saturated heterocycles. The van der Waals surface area contributed by atoms with Crippen molar-refractivity contribution in [3.8, 4) is 0 Å². The Labute approximate surface area is 207 Å². The molecule has 0 bridgehead atoms. The minimum Gasteiger partial charge on any atom is -0.381 e. The lowest BCUT2D eigenvalue weighted by Gasteiger charge is -2.57. The summed E-state index contributed by atoms with van der Waals surface area (Å²) in [4.78, 5) is 54.9. The first-order valence-electron chi connectivity index (χ1n) is 12.5. The standard InChI is InChI=1S/C26H30N4O4S/c1-24-7-5-15(31)9-14(24)3-4-16-17-6-8-26(34,25(17,2)10-18(32)20(16)24)19(33)11-35-23-21-22(28-12-27-21)29-13-30-23/h9,12-13,16-17,20,34H,3-8,10-11H2,1-2H3,(H,27,28,29,30)/t16-,17-,20+,24-,25-,26+/m0/s1. The van der Waals surface area contributed by atoms with Crippen LogP contribution >= 0.6 is 11.8 Å². The summed E-state index contributed by atoms with van der Waals surface area (Å²) in [6.45, 7) is 4.11. The molecule has 184 valence electrons. The van der Waals surface area contributed by atoms with Crippen LogP contribution < -0.4 is 0 Å². The Hall–Kier alpha value is -2.39. The average molecular weight is 495 g/mol. The normalized spacial score (nSPS) is 38.6. The molecule has 0 unspecified atom stereocenters. The van der Waals surface area contributed by atoms with E-state index in [4.69, 9.17) is 0 Å². The summed E-state index contributed by atoms with van der Waals surface area (Å²) in [5.41, 5.74) is -0.256. The highest BCUT2D eigenvalue weighted by Gasteiger charge is 2.68. The Bertz CT molecular complexity index is 1290. The summed E-state index contributed by atoms with van der Waals surface area (Å²) < 4.78 is 0. The van der Waals surface area contributed by atoms with Gasteiger partial charge in [0.2, 0.25) is 0 Å². The predicted octanol–water partition coefficient (Wildman–Crippen LogP) is 3.46. The van der Waals surface area contributed by atoms with E-state index in [1.807, 2.05) is 6.92 Å². The number of Topliss-reactive ketones (excluding diaryl/α,β-unsaturated/α-hetero) is 2. The molecule has 9 heteroatoms. The van der Waals surface area contributed by atoms with E-state index in [0.29, 0.717) is 29.0 Å². The van der Waals surface area contributed by atoms with Gasteiger partial charge in [-0.25, -0.2) is 15.0 Å². The molecule has 3 saturated carbocycles. The third-order valence-corrected chi connectivity index (χ3v) is 10.8. The number of aromatic nitrogens is 4. The fraction of sp³-hybridized carbons (Fsp3) is 0.615. The molecule has 6 atom stereocenters. The summed E-state index contributed by atoms with van der Waals surface area (Å²) in [5, 5.41) is 12.5. The van der Waals surface area contributed by atoms with E-state index in [-0.39, 0.29) is 52.7 Å². The number of H-pyrrole nitrogens is 1. The second-order valence-electron chi connectivity index (χ2n) is 11.3. The molecule has 8 nitrogen and oxygen atoms in total. The van der Waals surface area contributed by atoms with E-state index in [9.17, 15) is 19.5 Å². The van der Waals surface area contributed by atoms with Gasteiger partial charge >= 0.3 is 0 Å². The minimum absolute atomic E-state index is 0.0684. The molecule has 0 amide bonds.